The van der Waals surface area contributed by atoms with Gasteiger partial charge < -0.3 is 10.5 Å². The number of benzene rings is 1. The first kappa shape index (κ1) is 17.4. The van der Waals surface area contributed by atoms with Gasteiger partial charge in [0.15, 0.2) is 0 Å². The number of ether oxygens (including phenoxy) is 1. The number of fused-ring (bicyclic) bond motifs is 1. The lowest BCUT2D eigenvalue weighted by molar-refractivity contribution is 0.00693. The Labute approximate surface area is 148 Å². The monoisotopic (exact) mass is 355 g/mol. The Balaban J connectivity index is 2.02. The van der Waals surface area contributed by atoms with E-state index in [1.54, 1.807) is 20.8 Å². The van der Waals surface area contributed by atoms with E-state index in [2.05, 4.69) is 5.32 Å². The summed E-state index contributed by atoms with van der Waals surface area (Å²) in [6, 6.07) is 7.07. The van der Waals surface area contributed by atoms with Crippen LogP contribution in [0.5, 0.6) is 0 Å². The van der Waals surface area contributed by atoms with Crippen molar-refractivity contribution in [1.82, 2.24) is 9.88 Å². The second-order valence-corrected chi connectivity index (χ2v) is 6.82. The fraction of sp³-hybridized carbons (Fsp3) is 0.222. The van der Waals surface area contributed by atoms with Crippen LogP contribution < -0.4 is 16.6 Å². The molecule has 0 radical (unpaired) electrons. The largest absolute Gasteiger partial charge is 0.456 e. The first-order valence-electron chi connectivity index (χ1n) is 7.83. The van der Waals surface area contributed by atoms with E-state index in [1.165, 1.54) is 24.3 Å². The molecule has 0 fully saturated rings. The predicted molar refractivity (Wildman–Crippen MR) is 93.4 cm³/mol. The molecule has 0 atom stereocenters. The van der Waals surface area contributed by atoms with Gasteiger partial charge in [-0.2, -0.15) is 0 Å². The summed E-state index contributed by atoms with van der Waals surface area (Å²) in [5.41, 5.74) is 5.36. The lowest BCUT2D eigenvalue weighted by Gasteiger charge is -2.19. The quantitative estimate of drug-likeness (QED) is 0.618. The molecule has 0 bridgehead atoms. The standard InChI is InChI=1S/C18H17N3O5/c1-18(2,3)26-17(25)9-4-6-10(7-5-9)21-12(22)8-11-13(14(21)19)16(24)20-15(11)23/h4-8H,19H2,1-3H3,(H,20,23,24). The highest BCUT2D eigenvalue weighted by molar-refractivity contribution is 6.23. The van der Waals surface area contributed by atoms with Crippen LogP contribution in [0.1, 0.15) is 51.8 Å². The molecule has 0 aliphatic carbocycles. The van der Waals surface area contributed by atoms with E-state index in [0.717, 1.165) is 10.6 Å². The van der Waals surface area contributed by atoms with Crippen molar-refractivity contribution in [3.63, 3.8) is 0 Å². The number of nitrogens with two attached hydrogens (primary N) is 1. The van der Waals surface area contributed by atoms with E-state index < -0.39 is 28.9 Å². The summed E-state index contributed by atoms with van der Waals surface area (Å²) in [5, 5.41) is 2.10. The van der Waals surface area contributed by atoms with E-state index in [4.69, 9.17) is 10.5 Å². The van der Waals surface area contributed by atoms with Crippen molar-refractivity contribution in [3.8, 4) is 5.69 Å². The molecule has 1 aromatic heterocycles. The minimum absolute atomic E-state index is 0.0363. The molecule has 8 nitrogen and oxygen atoms in total. The molecule has 3 rings (SSSR count). The smallest absolute Gasteiger partial charge is 0.338 e. The number of nitrogens with one attached hydrogen (secondary N) is 1. The van der Waals surface area contributed by atoms with Crippen molar-refractivity contribution in [3.05, 3.63) is 57.4 Å². The zero-order valence-electron chi connectivity index (χ0n) is 14.5. The van der Waals surface area contributed by atoms with E-state index in [9.17, 15) is 19.2 Å². The molecule has 1 aromatic carbocycles. The van der Waals surface area contributed by atoms with Gasteiger partial charge in [-0.15, -0.1) is 0 Å². The van der Waals surface area contributed by atoms with Gasteiger partial charge in [0.05, 0.1) is 22.4 Å². The topological polar surface area (TPSA) is 120 Å². The maximum atomic E-state index is 12.4. The molecule has 1 aliphatic heterocycles. The van der Waals surface area contributed by atoms with Crippen molar-refractivity contribution >= 4 is 23.6 Å². The van der Waals surface area contributed by atoms with E-state index in [0.29, 0.717) is 11.3 Å². The highest BCUT2D eigenvalue weighted by atomic mass is 16.6. The van der Waals surface area contributed by atoms with Gasteiger partial charge in [-0.25, -0.2) is 4.79 Å². The zero-order chi connectivity index (χ0) is 19.2. The number of hydrogen-bond acceptors (Lipinski definition) is 6. The highest BCUT2D eigenvalue weighted by Gasteiger charge is 2.31. The molecule has 8 heteroatoms. The average molecular weight is 355 g/mol. The van der Waals surface area contributed by atoms with E-state index in [-0.39, 0.29) is 16.9 Å². The predicted octanol–water partition coefficient (Wildman–Crippen LogP) is 1.26. The summed E-state index contributed by atoms with van der Waals surface area (Å²) in [4.78, 5) is 48.0. The highest BCUT2D eigenvalue weighted by Crippen LogP contribution is 2.23. The van der Waals surface area contributed by atoms with Gasteiger partial charge in [-0.1, -0.05) is 0 Å². The third-order valence-electron chi connectivity index (χ3n) is 3.71. The number of carbonyl (C=O) groups excluding carboxylic acids is 3. The second-order valence-electron chi connectivity index (χ2n) is 6.82. The molecule has 3 N–H and O–H groups in total. The van der Waals surface area contributed by atoms with E-state index in [1.807, 2.05) is 0 Å². The fourth-order valence-corrected chi connectivity index (χ4v) is 2.63. The van der Waals surface area contributed by atoms with Crippen LogP contribution in [0.4, 0.5) is 5.82 Å². The maximum absolute atomic E-state index is 12.4. The van der Waals surface area contributed by atoms with Gasteiger partial charge in [0, 0.05) is 6.07 Å². The molecule has 2 amide bonds. The van der Waals surface area contributed by atoms with Crippen LogP contribution in [0.25, 0.3) is 5.69 Å². The fourth-order valence-electron chi connectivity index (χ4n) is 2.63. The third kappa shape index (κ3) is 2.97. The third-order valence-corrected chi connectivity index (χ3v) is 3.71. The maximum Gasteiger partial charge on any atom is 0.338 e. The Morgan fingerprint density at radius 2 is 1.69 bits per heavy atom. The van der Waals surface area contributed by atoms with Crippen molar-refractivity contribution in [2.45, 2.75) is 26.4 Å². The molecule has 2 aromatic rings. The van der Waals surface area contributed by atoms with Gasteiger partial charge in [0.1, 0.15) is 11.4 Å². The molecular weight excluding hydrogens is 338 g/mol. The lowest BCUT2D eigenvalue weighted by Crippen LogP contribution is -2.25. The average Bonchev–Trinajstić information content (AvgIpc) is 2.80. The number of nitrogens with zero attached hydrogens (tertiary/aromatic N) is 1. The molecule has 0 spiro atoms. The summed E-state index contributed by atoms with van der Waals surface area (Å²) in [6.07, 6.45) is 0. The lowest BCUT2D eigenvalue weighted by atomic mass is 10.1. The number of anilines is 1. The Morgan fingerprint density at radius 1 is 1.08 bits per heavy atom. The number of aromatic nitrogens is 1. The summed E-state index contributed by atoms with van der Waals surface area (Å²) >= 11 is 0. The van der Waals surface area contributed by atoms with Crippen LogP contribution in [0, 0.1) is 0 Å². The molecule has 1 aliphatic rings. The Kier molecular flexibility index (Phi) is 3.91. The number of rotatable bonds is 2. The van der Waals surface area contributed by atoms with Gasteiger partial charge in [0.25, 0.3) is 17.4 Å². The van der Waals surface area contributed by atoms with Crippen molar-refractivity contribution in [2.75, 3.05) is 5.73 Å². The van der Waals surface area contributed by atoms with Crippen LogP contribution in [0.3, 0.4) is 0 Å². The Bertz CT molecular complexity index is 997. The van der Waals surface area contributed by atoms with Crippen LogP contribution in [0.15, 0.2) is 35.1 Å². The second kappa shape index (κ2) is 5.83. The molecule has 0 saturated heterocycles. The van der Waals surface area contributed by atoms with Crippen LogP contribution in [0.2, 0.25) is 0 Å². The Hall–Kier alpha value is -3.42. The molecule has 0 saturated carbocycles. The van der Waals surface area contributed by atoms with E-state index >= 15 is 0 Å². The van der Waals surface area contributed by atoms with Crippen LogP contribution in [-0.2, 0) is 4.74 Å². The Morgan fingerprint density at radius 3 is 2.27 bits per heavy atom. The minimum Gasteiger partial charge on any atom is -0.456 e. The van der Waals surface area contributed by atoms with Gasteiger partial charge in [-0.05, 0) is 45.0 Å². The number of carbonyl (C=O) groups is 3. The van der Waals surface area contributed by atoms with Crippen LogP contribution in [-0.4, -0.2) is 28.0 Å². The number of hydrogen-bond donors (Lipinski definition) is 2. The summed E-state index contributed by atoms with van der Waals surface area (Å²) in [6.45, 7) is 5.28. The van der Waals surface area contributed by atoms with Gasteiger partial charge in [-0.3, -0.25) is 24.3 Å². The van der Waals surface area contributed by atoms with Crippen molar-refractivity contribution < 1.29 is 19.1 Å². The molecular formula is C18H17N3O5. The van der Waals surface area contributed by atoms with Gasteiger partial charge >= 0.3 is 5.97 Å². The zero-order valence-corrected chi connectivity index (χ0v) is 14.5. The summed E-state index contributed by atoms with van der Waals surface area (Å²) in [7, 11) is 0. The van der Waals surface area contributed by atoms with Gasteiger partial charge in [0.2, 0.25) is 0 Å². The first-order chi connectivity index (χ1) is 12.1. The number of pyridine rings is 1. The number of esters is 1. The van der Waals surface area contributed by atoms with Crippen molar-refractivity contribution in [2.24, 2.45) is 0 Å². The summed E-state index contributed by atoms with van der Waals surface area (Å²) in [5.74, 6) is -1.94. The number of nitrogen functional groups attached to an aromatic ring is 1. The number of amides is 2. The molecule has 2 heterocycles. The SMILES string of the molecule is CC(C)(C)OC(=O)c1ccc(-n2c(N)c3c(cc2=O)C(=O)NC3=O)cc1. The molecule has 0 unspecified atom stereocenters. The molecule has 26 heavy (non-hydrogen) atoms. The molecule has 134 valence electrons. The first-order valence-corrected chi connectivity index (χ1v) is 7.83. The normalized spacial score (nSPS) is 13.3. The van der Waals surface area contributed by atoms with Crippen LogP contribution >= 0.6 is 0 Å². The number of imide groups is 1. The minimum atomic E-state index is -0.652. The van der Waals surface area contributed by atoms with Crippen molar-refractivity contribution in [1.29, 1.82) is 0 Å². The summed E-state index contributed by atoms with van der Waals surface area (Å²) < 4.78 is 6.39.